The van der Waals surface area contributed by atoms with Crippen LogP contribution in [-0.4, -0.2) is 126 Å². The van der Waals surface area contributed by atoms with Crippen LogP contribution in [0.5, 0.6) is 34.5 Å². The first kappa shape index (κ1) is 104. The zero-order chi connectivity index (χ0) is 94.3. The first-order chi connectivity index (χ1) is 61.3. The molecule has 4 N–H and O–H groups in total. The maximum atomic E-state index is 12.5. The van der Waals surface area contributed by atoms with Crippen LogP contribution < -0.4 is 47.3 Å². The van der Waals surface area contributed by atoms with Crippen LogP contribution in [0.4, 0.5) is 22.7 Å². The van der Waals surface area contributed by atoms with Gasteiger partial charge in [0.05, 0.1) is 115 Å². The van der Waals surface area contributed by atoms with Crippen molar-refractivity contribution in [2.75, 3.05) is 82.0 Å². The lowest BCUT2D eigenvalue weighted by Gasteiger charge is -2.22. The second-order valence-electron chi connectivity index (χ2n) is 27.8. The van der Waals surface area contributed by atoms with Crippen molar-refractivity contribution < 1.29 is 98.0 Å². The zero-order valence-corrected chi connectivity index (χ0v) is 83.7. The van der Waals surface area contributed by atoms with Gasteiger partial charge in [-0.15, -0.1) is 11.8 Å². The van der Waals surface area contributed by atoms with Crippen molar-refractivity contribution in [3.63, 3.8) is 0 Å². The standard InChI is InChI=1S/C19H23NO3S.C16H15ClO4S.C15H15BrO4S.C15H15NO4S2.C14H14INO4S.C13H12INO3S/c1-23-18-11-9-17(10-12-18)20-24(21,22)19-13-7-16(8-14-19)15-5-3-2-4-6-15;1-11-3-6-14(7-4-11)22(19,20)10-13-9-12(16(18)21-2)5-8-15(13)17;1-19-14-8-3-11(9-15(14)20-2)10-21(17,18)13-6-4-12(16)5-7-13;1-20-15(17)11-4-3-5-12(10-11)16-22(18,19)14-8-6-13(21-2)7-9-14;1-19-12-7-11(8-13(9-12)20-2)16-21(17,18)14-5-3-10(15)4-6-14;1-18-12-6-4-11(5-7-12)15-19(16,17)13-8-2-10(14)3-9-13/h7-15,20H,2-6H2,1H3;3-9H,10H2,1-2H3;3-9H,10H2,1-2H3;3-10,16H,1-2H3;3-9,16H,1-2H3;2-9,15H,1H3. The van der Waals surface area contributed by atoms with Gasteiger partial charge in [-0.25, -0.2) is 60.1 Å². The van der Waals surface area contributed by atoms with E-state index < -0.39 is 71.7 Å². The Morgan fingerprint density at radius 3 is 1.22 bits per heavy atom. The van der Waals surface area contributed by atoms with Gasteiger partial charge in [0, 0.05) is 56.8 Å². The zero-order valence-electron chi connectivity index (χ0n) is 71.4. The van der Waals surface area contributed by atoms with Gasteiger partial charge in [0.15, 0.2) is 31.2 Å². The number of benzene rings is 12. The van der Waals surface area contributed by atoms with E-state index in [0.717, 1.165) is 22.1 Å². The SMILES string of the molecule is COC(=O)c1ccc(Cl)c(CS(=O)(=O)c2ccc(C)cc2)c1.COC(=O)c1cccc(NS(=O)(=O)c2ccc(SC)cc2)c1.COc1cc(NS(=O)(=O)c2ccc(I)cc2)cc(OC)c1.COc1ccc(CS(=O)(=O)c2ccc(Br)cc2)cc1OC.COc1ccc(NS(=O)(=O)c2ccc(C3CCCCC3)cc2)cc1.COc1ccc(NS(=O)(=O)c2ccc(I)cc2)cc1. The van der Waals surface area contributed by atoms with E-state index in [9.17, 15) is 60.1 Å². The lowest BCUT2D eigenvalue weighted by molar-refractivity contribution is 0.0592. The quantitative estimate of drug-likeness (QED) is 0.0201. The summed E-state index contributed by atoms with van der Waals surface area (Å²) in [6.07, 6.45) is 8.18. The number of anilines is 4. The van der Waals surface area contributed by atoms with E-state index in [1.807, 2.05) is 25.3 Å². The Hall–Kier alpha value is -10.1. The third-order valence-electron chi connectivity index (χ3n) is 18.9. The number of halogens is 4. The largest absolute Gasteiger partial charge is 0.497 e. The number of thioether (sulfide) groups is 1. The van der Waals surface area contributed by atoms with Crippen LogP contribution in [0.1, 0.15) is 81.0 Å². The second kappa shape index (κ2) is 49.2. The molecule has 0 aromatic heterocycles. The van der Waals surface area contributed by atoms with E-state index in [4.69, 9.17) is 40.0 Å². The number of methoxy groups -OCH3 is 8. The molecule has 0 bridgehead atoms. The molecule has 0 amide bonds. The van der Waals surface area contributed by atoms with E-state index in [0.29, 0.717) is 84.2 Å². The molecular weight excluding hydrogens is 2110 g/mol. The minimum atomic E-state index is -3.70. The summed E-state index contributed by atoms with van der Waals surface area (Å²) >= 11 is 15.1. The van der Waals surface area contributed by atoms with Crippen molar-refractivity contribution >= 4 is 179 Å². The van der Waals surface area contributed by atoms with Gasteiger partial charge in [-0.2, -0.15) is 0 Å². The molecule has 0 heterocycles. The highest BCUT2D eigenvalue weighted by atomic mass is 127. The molecule has 0 saturated heterocycles. The minimum Gasteiger partial charge on any atom is -0.497 e. The molecule has 13 rings (SSSR count). The maximum absolute atomic E-state index is 12.5. The molecule has 1 aliphatic carbocycles. The highest BCUT2D eigenvalue weighted by molar-refractivity contribution is 14.1. The fraction of sp³-hybridized carbons (Fsp3) is 0.196. The van der Waals surface area contributed by atoms with Crippen LogP contribution in [0.3, 0.4) is 0 Å². The monoisotopic (exact) mass is 2200 g/mol. The maximum Gasteiger partial charge on any atom is 0.337 e. The molecule has 1 aliphatic rings. The van der Waals surface area contributed by atoms with Crippen LogP contribution in [0.25, 0.3) is 0 Å². The van der Waals surface area contributed by atoms with Crippen LogP contribution in [0, 0.1) is 14.1 Å². The topological polar surface area (TPSA) is 361 Å². The Balaban J connectivity index is 0.000000191. The van der Waals surface area contributed by atoms with E-state index >= 15 is 0 Å². The number of sulfone groups is 2. The molecule has 0 radical (unpaired) electrons. The van der Waals surface area contributed by atoms with Gasteiger partial charge in [0.1, 0.15) is 23.0 Å². The van der Waals surface area contributed by atoms with Crippen LogP contribution in [0.15, 0.2) is 312 Å². The number of carbonyl (C=O) groups excluding carboxylic acids is 2. The summed E-state index contributed by atoms with van der Waals surface area (Å²) in [5, 5.41) is 0.295. The number of hydrogen-bond acceptors (Lipinski definition) is 23. The summed E-state index contributed by atoms with van der Waals surface area (Å²) in [5.74, 6) is 2.62. The van der Waals surface area contributed by atoms with E-state index in [2.05, 4.69) is 89.5 Å². The third kappa shape index (κ3) is 32.1. The van der Waals surface area contributed by atoms with Gasteiger partial charge >= 0.3 is 11.9 Å². The van der Waals surface area contributed by atoms with Crippen molar-refractivity contribution in [2.24, 2.45) is 0 Å². The average molecular weight is 2200 g/mol. The predicted molar refractivity (Wildman–Crippen MR) is 525 cm³/mol. The number of ether oxygens (including phenoxy) is 8. The highest BCUT2D eigenvalue weighted by Crippen LogP contribution is 2.36. The van der Waals surface area contributed by atoms with Crippen molar-refractivity contribution in [2.45, 2.75) is 90.7 Å². The Kier molecular flexibility index (Phi) is 39.8. The van der Waals surface area contributed by atoms with E-state index in [1.54, 1.807) is 251 Å². The number of nitrogens with one attached hydrogen (secondary N) is 4. The lowest BCUT2D eigenvalue weighted by Crippen LogP contribution is -2.13. The van der Waals surface area contributed by atoms with E-state index in [-0.39, 0.29) is 47.1 Å². The average Bonchev–Trinajstić information content (AvgIpc) is 0.820. The van der Waals surface area contributed by atoms with Gasteiger partial charge < -0.3 is 37.9 Å². The lowest BCUT2D eigenvalue weighted by atomic mass is 9.84. The van der Waals surface area contributed by atoms with Gasteiger partial charge in [-0.1, -0.05) is 88.8 Å². The number of sulfonamides is 4. The Morgan fingerprint density at radius 1 is 0.388 bits per heavy atom. The smallest absolute Gasteiger partial charge is 0.337 e. The summed E-state index contributed by atoms with van der Waals surface area (Å²) in [6.45, 7) is 1.88. The second-order valence-corrected chi connectivity index (χ2v) is 43.2. The molecule has 12 aromatic rings. The molecular formula is C92H94BrClI2N4O22S7. The summed E-state index contributed by atoms with van der Waals surface area (Å²) in [6, 6.07) is 74.4. The van der Waals surface area contributed by atoms with Gasteiger partial charge in [0.2, 0.25) is 0 Å². The van der Waals surface area contributed by atoms with Crippen LogP contribution in [0.2, 0.25) is 5.02 Å². The van der Waals surface area contributed by atoms with Crippen LogP contribution >= 0.6 is 84.5 Å². The highest BCUT2D eigenvalue weighted by Gasteiger charge is 2.24. The fourth-order valence-electron chi connectivity index (χ4n) is 12.1. The molecule has 0 atom stereocenters. The Bertz CT molecular complexity index is 6460. The number of rotatable bonds is 28. The molecule has 0 aliphatic heterocycles. The first-order valence-electron chi connectivity index (χ1n) is 38.7. The van der Waals surface area contributed by atoms with Crippen molar-refractivity contribution in [3.8, 4) is 34.5 Å². The van der Waals surface area contributed by atoms with Gasteiger partial charge in [0.25, 0.3) is 40.1 Å². The Labute approximate surface area is 799 Å². The van der Waals surface area contributed by atoms with Crippen molar-refractivity contribution in [3.05, 3.63) is 323 Å². The minimum absolute atomic E-state index is 0.0883. The molecule has 1 saturated carbocycles. The Morgan fingerprint density at radius 2 is 0.791 bits per heavy atom. The molecule has 0 unspecified atom stereocenters. The summed E-state index contributed by atoms with van der Waals surface area (Å²) < 4.78 is 201. The molecule has 129 heavy (non-hydrogen) atoms. The number of hydrogen-bond donors (Lipinski definition) is 4. The van der Waals surface area contributed by atoms with Gasteiger partial charge in [-0.3, -0.25) is 18.9 Å². The number of carbonyl (C=O) groups is 2. The fourth-order valence-corrected chi connectivity index (χ4v) is 20.6. The molecule has 12 aromatic carbocycles. The number of esters is 2. The van der Waals surface area contributed by atoms with Crippen molar-refractivity contribution in [1.29, 1.82) is 0 Å². The normalized spacial score (nSPS) is 12.0. The molecule has 1 fully saturated rings. The number of aryl methyl sites for hydroxylation is 1. The van der Waals surface area contributed by atoms with Crippen molar-refractivity contribution in [1.82, 2.24) is 0 Å². The predicted octanol–water partition coefficient (Wildman–Crippen LogP) is 20.6. The van der Waals surface area contributed by atoms with E-state index in [1.165, 1.54) is 116 Å². The molecule has 0 spiro atoms. The first-order valence-corrected chi connectivity index (χ1v) is 52.5. The molecule has 684 valence electrons. The summed E-state index contributed by atoms with van der Waals surface area (Å²) in [5.41, 5.74) is 5.48. The molecule has 37 heteroatoms. The summed E-state index contributed by atoms with van der Waals surface area (Å²) in [4.78, 5) is 25.4. The third-order valence-corrected chi connectivity index (χ3v) is 30.9. The summed E-state index contributed by atoms with van der Waals surface area (Å²) in [7, 11) is -9.65. The molecule has 26 nitrogen and oxygen atoms in total. The van der Waals surface area contributed by atoms with Crippen LogP contribution in [-0.2, 0) is 80.7 Å². The van der Waals surface area contributed by atoms with Gasteiger partial charge in [-0.05, 0) is 312 Å².